The smallest absolute Gasteiger partial charge is 0.410 e. The lowest BCUT2D eigenvalue weighted by molar-refractivity contribution is -0.131. The molecule has 0 aliphatic heterocycles. The van der Waals surface area contributed by atoms with Crippen molar-refractivity contribution in [2.24, 2.45) is 11.8 Å². The first-order valence-electron chi connectivity index (χ1n) is 11.8. The van der Waals surface area contributed by atoms with E-state index in [0.29, 0.717) is 5.75 Å². The zero-order valence-electron chi connectivity index (χ0n) is 20.4. The Labute approximate surface area is 193 Å². The Morgan fingerprint density at radius 1 is 0.781 bits per heavy atom. The predicted octanol–water partition coefficient (Wildman–Crippen LogP) is 4.42. The summed E-state index contributed by atoms with van der Waals surface area (Å²) in [4.78, 5) is 38.1. The van der Waals surface area contributed by atoms with Crippen molar-refractivity contribution < 1.29 is 19.1 Å². The Morgan fingerprint density at radius 2 is 1.34 bits per heavy atom. The summed E-state index contributed by atoms with van der Waals surface area (Å²) < 4.78 is 5.24. The molecule has 7 heteroatoms. The van der Waals surface area contributed by atoms with Gasteiger partial charge in [0.2, 0.25) is 11.8 Å². The molecular weight excluding hydrogens is 406 g/mol. The Balaban J connectivity index is 2.69. The highest BCUT2D eigenvalue weighted by Crippen LogP contribution is 2.11. The van der Waals surface area contributed by atoms with Crippen molar-refractivity contribution in [1.29, 1.82) is 0 Å². The average Bonchev–Trinajstić information content (AvgIpc) is 2.73. The van der Waals surface area contributed by atoms with Gasteiger partial charge in [-0.3, -0.25) is 9.59 Å². The molecule has 1 aromatic carbocycles. The highest BCUT2D eigenvalue weighted by molar-refractivity contribution is 5.91. The van der Waals surface area contributed by atoms with Gasteiger partial charge in [-0.1, -0.05) is 78.5 Å². The van der Waals surface area contributed by atoms with Crippen molar-refractivity contribution in [3.63, 3.8) is 0 Å². The number of unbranched alkanes of at least 4 members (excludes halogenated alkanes) is 3. The molecule has 3 amide bonds. The second kappa shape index (κ2) is 14.5. The number of hydrogen-bond donors (Lipinski definition) is 3. The summed E-state index contributed by atoms with van der Waals surface area (Å²) in [5.74, 6) is -0.512. The monoisotopic (exact) mass is 447 g/mol. The van der Waals surface area contributed by atoms with Crippen LogP contribution in [0.1, 0.15) is 73.6 Å². The zero-order valence-corrected chi connectivity index (χ0v) is 20.4. The molecule has 0 aromatic heterocycles. The van der Waals surface area contributed by atoms with Gasteiger partial charge in [-0.05, 0) is 37.3 Å². The second-order valence-electron chi connectivity index (χ2n) is 9.06. The second-order valence-corrected chi connectivity index (χ2v) is 9.06. The molecule has 0 bridgehead atoms. The van der Waals surface area contributed by atoms with E-state index < -0.39 is 24.1 Å². The van der Waals surface area contributed by atoms with Crippen LogP contribution in [-0.4, -0.2) is 36.0 Å². The van der Waals surface area contributed by atoms with Crippen LogP contribution in [0.25, 0.3) is 0 Å². The van der Waals surface area contributed by atoms with Gasteiger partial charge in [0.1, 0.15) is 17.8 Å². The molecular formula is C25H41N3O4. The van der Waals surface area contributed by atoms with Crippen LogP contribution >= 0.6 is 0 Å². The lowest BCUT2D eigenvalue weighted by Crippen LogP contribution is -2.57. The summed E-state index contributed by atoms with van der Waals surface area (Å²) in [7, 11) is 0. The minimum absolute atomic E-state index is 0.0392. The van der Waals surface area contributed by atoms with Crippen LogP contribution in [0, 0.1) is 11.8 Å². The highest BCUT2D eigenvalue weighted by atomic mass is 16.6. The molecule has 32 heavy (non-hydrogen) atoms. The van der Waals surface area contributed by atoms with Gasteiger partial charge in [-0.2, -0.15) is 0 Å². The lowest BCUT2D eigenvalue weighted by atomic mass is 9.99. The molecule has 0 fully saturated rings. The Bertz CT molecular complexity index is 706. The van der Waals surface area contributed by atoms with Crippen LogP contribution in [0.3, 0.4) is 0 Å². The van der Waals surface area contributed by atoms with Crippen LogP contribution in [0.5, 0.6) is 5.75 Å². The van der Waals surface area contributed by atoms with Gasteiger partial charge in [0, 0.05) is 6.04 Å². The van der Waals surface area contributed by atoms with Crippen molar-refractivity contribution in [3.8, 4) is 5.75 Å². The van der Waals surface area contributed by atoms with Gasteiger partial charge in [-0.25, -0.2) is 4.79 Å². The van der Waals surface area contributed by atoms with E-state index >= 15 is 0 Å². The first-order chi connectivity index (χ1) is 15.1. The number of benzene rings is 1. The summed E-state index contributed by atoms with van der Waals surface area (Å²) >= 11 is 0. The van der Waals surface area contributed by atoms with Crippen LogP contribution in [0.2, 0.25) is 0 Å². The molecule has 3 N–H and O–H groups in total. The van der Waals surface area contributed by atoms with E-state index in [1.54, 1.807) is 24.3 Å². The van der Waals surface area contributed by atoms with Crippen LogP contribution in [0.15, 0.2) is 30.3 Å². The molecule has 0 radical (unpaired) electrons. The average molecular weight is 448 g/mol. The van der Waals surface area contributed by atoms with Gasteiger partial charge in [-0.15, -0.1) is 0 Å². The molecule has 0 aliphatic rings. The van der Waals surface area contributed by atoms with Crippen molar-refractivity contribution >= 4 is 17.9 Å². The molecule has 180 valence electrons. The van der Waals surface area contributed by atoms with Crippen molar-refractivity contribution in [2.45, 2.75) is 91.8 Å². The first kappa shape index (κ1) is 27.5. The standard InChI is InChI=1S/C25H41N3O4/c1-7-8-9-11-14-19(6)26-23(29)21(17(2)3)27-24(30)22(18(4)5)28-25(31)32-20-15-12-10-13-16-20/h10,12-13,15-19,21-22H,7-9,11,14H2,1-6H3,(H,26,29)(H,27,30)(H,28,31). The van der Waals surface area contributed by atoms with Crippen LogP contribution in [0.4, 0.5) is 4.79 Å². The number of amides is 3. The summed E-state index contributed by atoms with van der Waals surface area (Å²) in [6, 6.07) is 7.17. The third-order valence-corrected chi connectivity index (χ3v) is 5.30. The molecule has 1 aromatic rings. The molecule has 0 saturated carbocycles. The number of ether oxygens (including phenoxy) is 1. The summed E-state index contributed by atoms with van der Waals surface area (Å²) in [6.07, 6.45) is 4.79. The fraction of sp³-hybridized carbons (Fsp3) is 0.640. The zero-order chi connectivity index (χ0) is 24.1. The number of nitrogens with one attached hydrogen (secondary N) is 3. The number of rotatable bonds is 13. The number of hydrogen-bond acceptors (Lipinski definition) is 4. The molecule has 0 aliphatic carbocycles. The van der Waals surface area contributed by atoms with Crippen LogP contribution < -0.4 is 20.7 Å². The third-order valence-electron chi connectivity index (χ3n) is 5.30. The van der Waals surface area contributed by atoms with E-state index in [1.165, 1.54) is 12.8 Å². The maximum atomic E-state index is 13.0. The Hall–Kier alpha value is -2.57. The minimum atomic E-state index is -0.827. The number of para-hydroxylation sites is 1. The topological polar surface area (TPSA) is 96.5 Å². The van der Waals surface area contributed by atoms with Crippen molar-refractivity contribution in [1.82, 2.24) is 16.0 Å². The molecule has 0 spiro atoms. The maximum Gasteiger partial charge on any atom is 0.413 e. The minimum Gasteiger partial charge on any atom is -0.410 e. The molecule has 3 unspecified atom stereocenters. The number of carbonyl (C=O) groups excluding carboxylic acids is 3. The first-order valence-corrected chi connectivity index (χ1v) is 11.8. The fourth-order valence-corrected chi connectivity index (χ4v) is 3.35. The molecule has 0 heterocycles. The predicted molar refractivity (Wildman–Crippen MR) is 127 cm³/mol. The summed E-state index contributed by atoms with van der Waals surface area (Å²) in [5.41, 5.74) is 0. The normalized spacial score (nSPS) is 13.9. The van der Waals surface area contributed by atoms with E-state index in [-0.39, 0.29) is 23.8 Å². The van der Waals surface area contributed by atoms with Gasteiger partial charge in [0.05, 0.1) is 0 Å². The van der Waals surface area contributed by atoms with Crippen molar-refractivity contribution in [3.05, 3.63) is 30.3 Å². The summed E-state index contributed by atoms with van der Waals surface area (Å²) in [6.45, 7) is 11.6. The highest BCUT2D eigenvalue weighted by Gasteiger charge is 2.31. The van der Waals surface area contributed by atoms with Gasteiger partial charge < -0.3 is 20.7 Å². The largest absolute Gasteiger partial charge is 0.413 e. The number of carbonyl (C=O) groups is 3. The van der Waals surface area contributed by atoms with E-state index in [1.807, 2.05) is 40.7 Å². The molecule has 3 atom stereocenters. The van der Waals surface area contributed by atoms with Crippen molar-refractivity contribution in [2.75, 3.05) is 0 Å². The Morgan fingerprint density at radius 3 is 1.91 bits per heavy atom. The van der Waals surface area contributed by atoms with Gasteiger partial charge >= 0.3 is 6.09 Å². The molecule has 0 saturated heterocycles. The third kappa shape index (κ3) is 10.2. The van der Waals surface area contributed by atoms with Crippen LogP contribution in [-0.2, 0) is 9.59 Å². The van der Waals surface area contributed by atoms with E-state index in [0.717, 1.165) is 19.3 Å². The maximum absolute atomic E-state index is 13.0. The summed E-state index contributed by atoms with van der Waals surface area (Å²) in [5, 5.41) is 8.47. The van der Waals surface area contributed by atoms with E-state index in [2.05, 4.69) is 22.9 Å². The SMILES string of the molecule is CCCCCCC(C)NC(=O)C(NC(=O)C(NC(=O)Oc1ccccc1)C(C)C)C(C)C. The molecule has 1 rings (SSSR count). The quantitative estimate of drug-likeness (QED) is 0.390. The van der Waals surface area contributed by atoms with E-state index in [9.17, 15) is 14.4 Å². The van der Waals surface area contributed by atoms with E-state index in [4.69, 9.17) is 4.74 Å². The Kier molecular flexibility index (Phi) is 12.4. The van der Waals surface area contributed by atoms with Gasteiger partial charge in [0.15, 0.2) is 0 Å². The molecule has 7 nitrogen and oxygen atoms in total. The fourth-order valence-electron chi connectivity index (χ4n) is 3.35. The lowest BCUT2D eigenvalue weighted by Gasteiger charge is -2.27. The van der Waals surface area contributed by atoms with Gasteiger partial charge in [0.25, 0.3) is 0 Å².